The smallest absolute Gasteiger partial charge is 0.324 e. The highest BCUT2D eigenvalue weighted by atomic mass is 32.2. The Bertz CT molecular complexity index is 559. The van der Waals surface area contributed by atoms with Gasteiger partial charge in [0.25, 0.3) is 10.2 Å². The predicted molar refractivity (Wildman–Crippen MR) is 73.7 cm³/mol. The van der Waals surface area contributed by atoms with E-state index < -0.39 is 22.2 Å². The average molecular weight is 298 g/mol. The molecule has 1 heterocycles. The fourth-order valence-electron chi connectivity index (χ4n) is 2.27. The van der Waals surface area contributed by atoms with Gasteiger partial charge < -0.3 is 4.74 Å². The van der Waals surface area contributed by atoms with E-state index in [1.807, 2.05) is 30.3 Å². The predicted octanol–water partition coefficient (Wildman–Crippen LogP) is 0.788. The second-order valence-corrected chi connectivity index (χ2v) is 6.26. The van der Waals surface area contributed by atoms with Gasteiger partial charge in [-0.25, -0.2) is 5.14 Å². The summed E-state index contributed by atoms with van der Waals surface area (Å²) in [6.45, 7) is 0.401. The molecule has 1 unspecified atom stereocenters. The number of nitrogens with zero attached hydrogens (tertiary/aromatic N) is 1. The van der Waals surface area contributed by atoms with E-state index in [9.17, 15) is 13.2 Å². The van der Waals surface area contributed by atoms with Crippen molar-refractivity contribution in [2.75, 3.05) is 6.54 Å². The molecule has 0 aromatic heterocycles. The molecular weight excluding hydrogens is 280 g/mol. The molecule has 0 amide bonds. The van der Waals surface area contributed by atoms with E-state index in [0.717, 1.165) is 16.3 Å². The van der Waals surface area contributed by atoms with Crippen molar-refractivity contribution in [2.45, 2.75) is 31.9 Å². The van der Waals surface area contributed by atoms with Crippen molar-refractivity contribution in [3.8, 4) is 0 Å². The minimum Gasteiger partial charge on any atom is -0.460 e. The Hall–Kier alpha value is -1.44. The molecule has 2 N–H and O–H groups in total. The third kappa shape index (κ3) is 3.78. The fraction of sp³-hybridized carbons (Fsp3) is 0.462. The minimum absolute atomic E-state index is 0.134. The molecule has 1 fully saturated rings. The number of nitrogens with two attached hydrogens (primary N) is 1. The monoisotopic (exact) mass is 298 g/mol. The maximum absolute atomic E-state index is 12.0. The van der Waals surface area contributed by atoms with Crippen molar-refractivity contribution in [3.63, 3.8) is 0 Å². The molecule has 110 valence electrons. The molecule has 6 nitrogen and oxygen atoms in total. The van der Waals surface area contributed by atoms with Gasteiger partial charge in [0, 0.05) is 6.54 Å². The van der Waals surface area contributed by atoms with E-state index >= 15 is 0 Å². The lowest BCUT2D eigenvalue weighted by Gasteiger charge is -2.31. The number of carbonyl (C=O) groups is 1. The Labute approximate surface area is 118 Å². The van der Waals surface area contributed by atoms with Gasteiger partial charge in [0.2, 0.25) is 0 Å². The van der Waals surface area contributed by atoms with Crippen LogP contribution >= 0.6 is 0 Å². The molecule has 1 aromatic carbocycles. The van der Waals surface area contributed by atoms with Gasteiger partial charge in [-0.15, -0.1) is 0 Å². The SMILES string of the molecule is NS(=O)(=O)N1CCCCC1C(=O)OCc1ccccc1. The van der Waals surface area contributed by atoms with Crippen LogP contribution in [0.2, 0.25) is 0 Å². The van der Waals surface area contributed by atoms with Crippen LogP contribution in [0.3, 0.4) is 0 Å². The molecule has 0 radical (unpaired) electrons. The third-order valence-electron chi connectivity index (χ3n) is 3.28. The van der Waals surface area contributed by atoms with Crippen molar-refractivity contribution in [2.24, 2.45) is 5.14 Å². The van der Waals surface area contributed by atoms with Crippen LogP contribution in [0.1, 0.15) is 24.8 Å². The van der Waals surface area contributed by atoms with E-state index in [1.165, 1.54) is 0 Å². The number of esters is 1. The van der Waals surface area contributed by atoms with E-state index in [4.69, 9.17) is 9.88 Å². The lowest BCUT2D eigenvalue weighted by Crippen LogP contribution is -2.51. The normalized spacial score (nSPS) is 20.6. The second-order valence-electron chi connectivity index (χ2n) is 4.76. The number of ether oxygens (including phenoxy) is 1. The quantitative estimate of drug-likeness (QED) is 0.832. The molecule has 1 saturated heterocycles. The number of carbonyl (C=O) groups excluding carboxylic acids is 1. The van der Waals surface area contributed by atoms with Crippen molar-refractivity contribution < 1.29 is 17.9 Å². The van der Waals surface area contributed by atoms with Crippen molar-refractivity contribution in [3.05, 3.63) is 35.9 Å². The third-order valence-corrected chi connectivity index (χ3v) is 4.37. The van der Waals surface area contributed by atoms with Crippen LogP contribution in [-0.2, 0) is 26.3 Å². The number of hydrogen-bond donors (Lipinski definition) is 1. The number of hydrogen-bond acceptors (Lipinski definition) is 4. The number of benzene rings is 1. The van der Waals surface area contributed by atoms with Crippen LogP contribution in [0.25, 0.3) is 0 Å². The summed E-state index contributed by atoms with van der Waals surface area (Å²) in [5, 5.41) is 5.14. The van der Waals surface area contributed by atoms with Crippen molar-refractivity contribution >= 4 is 16.2 Å². The molecule has 20 heavy (non-hydrogen) atoms. The fourth-order valence-corrected chi connectivity index (χ4v) is 3.20. The first-order valence-corrected chi connectivity index (χ1v) is 7.99. The maximum atomic E-state index is 12.0. The zero-order valence-electron chi connectivity index (χ0n) is 11.1. The Morgan fingerprint density at radius 2 is 2.00 bits per heavy atom. The highest BCUT2D eigenvalue weighted by Gasteiger charge is 2.35. The Kier molecular flexibility index (Phi) is 4.74. The van der Waals surface area contributed by atoms with Crippen LogP contribution in [0, 0.1) is 0 Å². The highest BCUT2D eigenvalue weighted by molar-refractivity contribution is 7.86. The van der Waals surface area contributed by atoms with Gasteiger partial charge in [-0.1, -0.05) is 30.3 Å². The number of rotatable bonds is 4. The summed E-state index contributed by atoms with van der Waals surface area (Å²) in [5.74, 6) is -0.539. The first-order valence-electron chi connectivity index (χ1n) is 6.48. The molecule has 0 aliphatic carbocycles. The van der Waals surface area contributed by atoms with Gasteiger partial charge in [-0.2, -0.15) is 12.7 Å². The summed E-state index contributed by atoms with van der Waals surface area (Å²) in [4.78, 5) is 12.0. The highest BCUT2D eigenvalue weighted by Crippen LogP contribution is 2.20. The standard InChI is InChI=1S/C13H18N2O4S/c14-20(17,18)15-9-5-4-8-12(15)13(16)19-10-11-6-2-1-3-7-11/h1-3,6-7,12H,4-5,8-10H2,(H2,14,17,18). The lowest BCUT2D eigenvalue weighted by atomic mass is 10.1. The molecule has 2 rings (SSSR count). The van der Waals surface area contributed by atoms with Gasteiger partial charge >= 0.3 is 5.97 Å². The maximum Gasteiger partial charge on any atom is 0.324 e. The summed E-state index contributed by atoms with van der Waals surface area (Å²) < 4.78 is 29.2. The van der Waals surface area contributed by atoms with Crippen molar-refractivity contribution in [1.82, 2.24) is 4.31 Å². The van der Waals surface area contributed by atoms with Crippen molar-refractivity contribution in [1.29, 1.82) is 0 Å². The van der Waals surface area contributed by atoms with E-state index in [-0.39, 0.29) is 13.2 Å². The van der Waals surface area contributed by atoms with Crippen LogP contribution in [0.5, 0.6) is 0 Å². The zero-order valence-corrected chi connectivity index (χ0v) is 11.9. The topological polar surface area (TPSA) is 89.7 Å². The molecule has 7 heteroatoms. The Morgan fingerprint density at radius 3 is 2.65 bits per heavy atom. The van der Waals surface area contributed by atoms with Crippen LogP contribution < -0.4 is 5.14 Å². The van der Waals surface area contributed by atoms with Crippen LogP contribution in [-0.4, -0.2) is 31.3 Å². The Morgan fingerprint density at radius 1 is 1.30 bits per heavy atom. The van der Waals surface area contributed by atoms with Gasteiger partial charge in [0.1, 0.15) is 12.6 Å². The number of piperidine rings is 1. The van der Waals surface area contributed by atoms with Gasteiger partial charge in [-0.05, 0) is 24.8 Å². The molecule has 1 aliphatic rings. The molecule has 0 saturated carbocycles. The summed E-state index contributed by atoms with van der Waals surface area (Å²) >= 11 is 0. The van der Waals surface area contributed by atoms with Gasteiger partial charge in [-0.3, -0.25) is 4.79 Å². The molecule has 1 aliphatic heterocycles. The van der Waals surface area contributed by atoms with E-state index in [0.29, 0.717) is 12.8 Å². The van der Waals surface area contributed by atoms with Gasteiger partial charge in [0.15, 0.2) is 0 Å². The molecule has 0 spiro atoms. The zero-order chi connectivity index (χ0) is 14.6. The second kappa shape index (κ2) is 6.34. The van der Waals surface area contributed by atoms with Crippen LogP contribution in [0.4, 0.5) is 0 Å². The molecule has 1 atom stereocenters. The largest absolute Gasteiger partial charge is 0.460 e. The average Bonchev–Trinajstić information content (AvgIpc) is 2.45. The molecule has 1 aromatic rings. The van der Waals surface area contributed by atoms with E-state index in [2.05, 4.69) is 0 Å². The molecular formula is C13H18N2O4S. The van der Waals surface area contributed by atoms with E-state index in [1.54, 1.807) is 0 Å². The molecule has 0 bridgehead atoms. The first kappa shape index (κ1) is 15.0. The minimum atomic E-state index is -3.87. The Balaban J connectivity index is 2.00. The lowest BCUT2D eigenvalue weighted by molar-refractivity contribution is -0.150. The summed E-state index contributed by atoms with van der Waals surface area (Å²) in [6, 6.07) is 8.44. The summed E-state index contributed by atoms with van der Waals surface area (Å²) in [7, 11) is -3.87. The summed E-state index contributed by atoms with van der Waals surface area (Å²) in [6.07, 6.45) is 1.94. The van der Waals surface area contributed by atoms with Crippen LogP contribution in [0.15, 0.2) is 30.3 Å². The van der Waals surface area contributed by atoms with Gasteiger partial charge in [0.05, 0.1) is 0 Å². The first-order chi connectivity index (χ1) is 9.48. The summed E-state index contributed by atoms with van der Waals surface area (Å²) in [5.41, 5.74) is 0.860.